The van der Waals surface area contributed by atoms with Crippen LogP contribution in [0.2, 0.25) is 0 Å². The van der Waals surface area contributed by atoms with Crippen molar-refractivity contribution in [1.29, 1.82) is 5.26 Å². The normalized spacial score (nSPS) is 13.9. The molecular formula is C17H15N3O3S2. The first-order chi connectivity index (χ1) is 12.1. The largest absolute Gasteiger partial charge is 0.324 e. The zero-order valence-corrected chi connectivity index (χ0v) is 14.9. The van der Waals surface area contributed by atoms with Crippen molar-refractivity contribution in [3.05, 3.63) is 49.2 Å². The van der Waals surface area contributed by atoms with Gasteiger partial charge < -0.3 is 5.32 Å². The van der Waals surface area contributed by atoms with Gasteiger partial charge in [0.1, 0.15) is 11.1 Å². The molecule has 8 heteroatoms. The lowest BCUT2D eigenvalue weighted by Gasteiger charge is -2.00. The van der Waals surface area contributed by atoms with Crippen molar-refractivity contribution in [1.82, 2.24) is 0 Å². The Kier molecular flexibility index (Phi) is 5.26. The molecule has 0 radical (unpaired) electrons. The number of anilines is 1. The van der Waals surface area contributed by atoms with Crippen molar-refractivity contribution >= 4 is 44.7 Å². The number of carbonyl (C=O) groups is 1. The molecule has 0 unspecified atom stereocenters. The Hall–Kier alpha value is -2.50. The zero-order chi connectivity index (χ0) is 17.8. The minimum Gasteiger partial charge on any atom is -0.313 e. The molecule has 25 heavy (non-hydrogen) atoms. The predicted molar refractivity (Wildman–Crippen MR) is 98.9 cm³/mol. The van der Waals surface area contributed by atoms with E-state index in [0.29, 0.717) is 15.4 Å². The van der Waals surface area contributed by atoms with Gasteiger partial charge in [-0.2, -0.15) is 5.26 Å². The number of amides is 1. The van der Waals surface area contributed by atoms with E-state index < -0.39 is 4.92 Å². The average molecular weight is 373 g/mol. The van der Waals surface area contributed by atoms with Gasteiger partial charge in [0.05, 0.1) is 10.5 Å². The summed E-state index contributed by atoms with van der Waals surface area (Å²) >= 11 is 2.49. The minimum absolute atomic E-state index is 0.0359. The van der Waals surface area contributed by atoms with Crippen LogP contribution in [0.25, 0.3) is 6.08 Å². The second-order valence-electron chi connectivity index (χ2n) is 5.64. The number of nitrogens with one attached hydrogen (secondary N) is 1. The minimum atomic E-state index is -0.458. The molecule has 0 aliphatic heterocycles. The van der Waals surface area contributed by atoms with Crippen LogP contribution in [-0.4, -0.2) is 10.8 Å². The van der Waals surface area contributed by atoms with E-state index in [4.69, 9.17) is 0 Å². The molecule has 2 heterocycles. The molecule has 2 aromatic heterocycles. The van der Waals surface area contributed by atoms with Crippen molar-refractivity contribution in [3.8, 4) is 6.07 Å². The molecule has 1 aliphatic rings. The van der Waals surface area contributed by atoms with Gasteiger partial charge in [-0.05, 0) is 43.4 Å². The van der Waals surface area contributed by atoms with Gasteiger partial charge in [0.15, 0.2) is 0 Å². The maximum atomic E-state index is 12.1. The highest BCUT2D eigenvalue weighted by atomic mass is 32.1. The average Bonchev–Trinajstić information content (AvgIpc) is 3.11. The smallest absolute Gasteiger partial charge is 0.313 e. The third-order valence-corrected chi connectivity index (χ3v) is 6.17. The standard InChI is InChI=1S/C17H15N3O3S2/c18-10-13-12-4-2-1-3-5-14(12)25-17(13)19-15(21)8-6-11-7-9-16(24-11)20(22)23/h6-9H,1-5H2,(H,19,21)/b8-6+. The van der Waals surface area contributed by atoms with E-state index in [1.165, 1.54) is 40.9 Å². The van der Waals surface area contributed by atoms with Crippen molar-refractivity contribution in [2.45, 2.75) is 32.1 Å². The van der Waals surface area contributed by atoms with E-state index in [9.17, 15) is 20.2 Å². The number of nitro groups is 1. The molecule has 1 aliphatic carbocycles. The number of hydrogen-bond donors (Lipinski definition) is 1. The van der Waals surface area contributed by atoms with Crippen LogP contribution in [0.4, 0.5) is 10.0 Å². The molecule has 0 aromatic carbocycles. The number of carbonyl (C=O) groups excluding carboxylic acids is 1. The lowest BCUT2D eigenvalue weighted by atomic mass is 10.1. The molecule has 2 aromatic rings. The fourth-order valence-corrected chi connectivity index (χ4v) is 4.76. The molecule has 0 spiro atoms. The van der Waals surface area contributed by atoms with Crippen LogP contribution in [0.15, 0.2) is 18.2 Å². The Balaban J connectivity index is 1.73. The van der Waals surface area contributed by atoms with Crippen molar-refractivity contribution in [2.24, 2.45) is 0 Å². The molecule has 0 bridgehead atoms. The van der Waals surface area contributed by atoms with Gasteiger partial charge in [-0.25, -0.2) is 0 Å². The van der Waals surface area contributed by atoms with Crippen molar-refractivity contribution in [2.75, 3.05) is 5.32 Å². The summed E-state index contributed by atoms with van der Waals surface area (Å²) in [5, 5.41) is 23.5. The van der Waals surface area contributed by atoms with Crippen LogP contribution in [0, 0.1) is 21.4 Å². The molecule has 128 valence electrons. The van der Waals surface area contributed by atoms with E-state index >= 15 is 0 Å². The van der Waals surface area contributed by atoms with Crippen LogP contribution >= 0.6 is 22.7 Å². The third-order valence-electron chi connectivity index (χ3n) is 3.96. The number of hydrogen-bond acceptors (Lipinski definition) is 6. The van der Waals surface area contributed by atoms with E-state index in [2.05, 4.69) is 11.4 Å². The van der Waals surface area contributed by atoms with Gasteiger partial charge >= 0.3 is 5.00 Å². The molecule has 0 fully saturated rings. The van der Waals surface area contributed by atoms with Crippen molar-refractivity contribution in [3.63, 3.8) is 0 Å². The number of aryl methyl sites for hydroxylation is 1. The summed E-state index contributed by atoms with van der Waals surface area (Å²) < 4.78 is 0. The summed E-state index contributed by atoms with van der Waals surface area (Å²) in [5.41, 5.74) is 1.66. The molecule has 1 amide bonds. The first kappa shape index (κ1) is 17.3. The highest BCUT2D eigenvalue weighted by Gasteiger charge is 2.20. The van der Waals surface area contributed by atoms with Gasteiger partial charge in [0.25, 0.3) is 0 Å². The molecular weight excluding hydrogens is 358 g/mol. The Bertz CT molecular complexity index is 890. The quantitative estimate of drug-likeness (QED) is 0.369. The van der Waals surface area contributed by atoms with E-state index in [1.807, 2.05) is 0 Å². The molecule has 6 nitrogen and oxygen atoms in total. The van der Waals surface area contributed by atoms with Crippen LogP contribution in [0.1, 0.15) is 40.1 Å². The number of rotatable bonds is 4. The lowest BCUT2D eigenvalue weighted by molar-refractivity contribution is -0.380. The van der Waals surface area contributed by atoms with Crippen LogP contribution in [0.3, 0.4) is 0 Å². The summed E-state index contributed by atoms with van der Waals surface area (Å²) in [6.07, 6.45) is 8.08. The Morgan fingerprint density at radius 1 is 1.28 bits per heavy atom. The molecule has 1 N–H and O–H groups in total. The summed E-state index contributed by atoms with van der Waals surface area (Å²) in [6.45, 7) is 0. The third kappa shape index (κ3) is 3.95. The molecule has 3 rings (SSSR count). The Morgan fingerprint density at radius 2 is 2.08 bits per heavy atom. The van der Waals surface area contributed by atoms with Crippen LogP contribution in [0.5, 0.6) is 0 Å². The van der Waals surface area contributed by atoms with Crippen molar-refractivity contribution < 1.29 is 9.72 Å². The van der Waals surface area contributed by atoms with Gasteiger partial charge in [-0.15, -0.1) is 11.3 Å². The van der Waals surface area contributed by atoms with Crippen LogP contribution < -0.4 is 5.32 Å². The number of fused-ring (bicyclic) bond motifs is 1. The fourth-order valence-electron chi connectivity index (χ4n) is 2.79. The zero-order valence-electron chi connectivity index (χ0n) is 13.3. The van der Waals surface area contributed by atoms with E-state index in [-0.39, 0.29) is 10.9 Å². The summed E-state index contributed by atoms with van der Waals surface area (Å²) in [7, 11) is 0. The van der Waals surface area contributed by atoms with E-state index in [0.717, 1.165) is 42.6 Å². The Morgan fingerprint density at radius 3 is 2.80 bits per heavy atom. The summed E-state index contributed by atoms with van der Waals surface area (Å²) in [6, 6.07) is 5.23. The summed E-state index contributed by atoms with van der Waals surface area (Å²) in [4.78, 5) is 24.2. The highest BCUT2D eigenvalue weighted by molar-refractivity contribution is 7.17. The van der Waals surface area contributed by atoms with Gasteiger partial charge in [-0.3, -0.25) is 14.9 Å². The topological polar surface area (TPSA) is 96.0 Å². The van der Waals surface area contributed by atoms with Gasteiger partial charge in [0, 0.05) is 21.9 Å². The van der Waals surface area contributed by atoms with Gasteiger partial charge in [-0.1, -0.05) is 17.8 Å². The lowest BCUT2D eigenvalue weighted by Crippen LogP contribution is -2.07. The molecule has 0 atom stereocenters. The number of nitrogens with zero attached hydrogens (tertiary/aromatic N) is 2. The highest BCUT2D eigenvalue weighted by Crippen LogP contribution is 2.37. The fraction of sp³-hybridized carbons (Fsp3) is 0.294. The first-order valence-corrected chi connectivity index (χ1v) is 9.49. The maximum absolute atomic E-state index is 12.1. The second-order valence-corrected chi connectivity index (χ2v) is 7.84. The molecule has 0 saturated heterocycles. The summed E-state index contributed by atoms with van der Waals surface area (Å²) in [5.74, 6) is -0.344. The monoisotopic (exact) mass is 373 g/mol. The molecule has 0 saturated carbocycles. The number of thiophene rings is 2. The predicted octanol–water partition coefficient (Wildman–Crippen LogP) is 4.51. The second kappa shape index (κ2) is 7.59. The number of nitriles is 1. The van der Waals surface area contributed by atoms with Crippen LogP contribution in [-0.2, 0) is 17.6 Å². The SMILES string of the molecule is N#Cc1c(NC(=O)/C=C/c2ccc([N+](=O)[O-])s2)sc2c1CCCCC2. The first-order valence-electron chi connectivity index (χ1n) is 7.86. The van der Waals surface area contributed by atoms with E-state index in [1.54, 1.807) is 6.07 Å². The Labute approximate surface area is 152 Å². The van der Waals surface area contributed by atoms with Gasteiger partial charge in [0.2, 0.25) is 5.91 Å². The maximum Gasteiger partial charge on any atom is 0.324 e.